The lowest BCUT2D eigenvalue weighted by molar-refractivity contribution is -0.150. The number of Topliss-reactive ketones (excluding diaryl/α,β-unsaturated/α-hetero) is 1. The van der Waals surface area contributed by atoms with Gasteiger partial charge in [-0.15, -0.1) is 0 Å². The summed E-state index contributed by atoms with van der Waals surface area (Å²) in [5.74, 6) is -2.74. The fraction of sp³-hybridized carbons (Fsp3) is 0.296. The van der Waals surface area contributed by atoms with Gasteiger partial charge in [-0.2, -0.15) is 0 Å². The van der Waals surface area contributed by atoms with E-state index in [1.54, 1.807) is 6.08 Å². The van der Waals surface area contributed by atoms with Crippen molar-refractivity contribution in [2.45, 2.75) is 45.8 Å². The number of benzene rings is 2. The molecule has 2 atom stereocenters. The molecular formula is C27H28O7. The number of hydrogen-bond donors (Lipinski definition) is 2. The molecule has 0 spiro atoms. The highest BCUT2D eigenvalue weighted by molar-refractivity contribution is 6.27. The number of ketones is 2. The highest BCUT2D eigenvalue weighted by Gasteiger charge is 2.36. The Balaban J connectivity index is 1.89. The zero-order valence-corrected chi connectivity index (χ0v) is 19.4. The van der Waals surface area contributed by atoms with E-state index in [0.717, 1.165) is 29.3 Å². The van der Waals surface area contributed by atoms with Crippen LogP contribution in [0.25, 0.3) is 0 Å². The summed E-state index contributed by atoms with van der Waals surface area (Å²) in [7, 11) is 0. The summed E-state index contributed by atoms with van der Waals surface area (Å²) in [5, 5.41) is 20.3. The number of carbonyl (C=O) groups is 3. The molecule has 0 aliphatic heterocycles. The Hall–Kier alpha value is -3.71. The van der Waals surface area contributed by atoms with E-state index in [1.165, 1.54) is 0 Å². The van der Waals surface area contributed by atoms with Crippen LogP contribution in [0.2, 0.25) is 0 Å². The van der Waals surface area contributed by atoms with Crippen LogP contribution in [-0.4, -0.2) is 40.5 Å². The van der Waals surface area contributed by atoms with E-state index in [9.17, 15) is 24.6 Å². The first kappa shape index (κ1) is 24.9. The second kappa shape index (κ2) is 10.9. The molecule has 34 heavy (non-hydrogen) atoms. The van der Waals surface area contributed by atoms with E-state index < -0.39 is 41.2 Å². The monoisotopic (exact) mass is 464 g/mol. The van der Waals surface area contributed by atoms with Crippen molar-refractivity contribution in [2.24, 2.45) is 0 Å². The molecule has 0 amide bonds. The van der Waals surface area contributed by atoms with Crippen molar-refractivity contribution in [3.8, 4) is 11.5 Å². The third-order valence-electron chi connectivity index (χ3n) is 5.44. The SMILES string of the molecule is CCOC(CC(=O)O[C@H](CC=C(C)C)C1=CC(=O)c2c(O)ccc(O)c2C1=O)c1ccccc1. The molecule has 0 radical (unpaired) electrons. The van der Waals surface area contributed by atoms with E-state index in [1.807, 2.05) is 51.1 Å². The van der Waals surface area contributed by atoms with Crippen molar-refractivity contribution in [1.29, 1.82) is 0 Å². The van der Waals surface area contributed by atoms with Gasteiger partial charge in [0.05, 0.1) is 23.7 Å². The summed E-state index contributed by atoms with van der Waals surface area (Å²) in [5.41, 5.74) is 1.14. The molecule has 1 aliphatic rings. The van der Waals surface area contributed by atoms with Crippen LogP contribution in [0, 0.1) is 0 Å². The molecule has 0 heterocycles. The summed E-state index contributed by atoms with van der Waals surface area (Å²) in [4.78, 5) is 38.9. The summed E-state index contributed by atoms with van der Waals surface area (Å²) in [6.45, 7) is 5.95. The third-order valence-corrected chi connectivity index (χ3v) is 5.44. The molecular weight excluding hydrogens is 436 g/mol. The van der Waals surface area contributed by atoms with Crippen LogP contribution in [-0.2, 0) is 14.3 Å². The molecule has 1 aliphatic carbocycles. The number of esters is 1. The summed E-state index contributed by atoms with van der Waals surface area (Å²) in [6, 6.07) is 11.6. The minimum Gasteiger partial charge on any atom is -0.507 e. The fourth-order valence-corrected chi connectivity index (χ4v) is 3.80. The number of phenols is 2. The average Bonchev–Trinajstić information content (AvgIpc) is 2.80. The van der Waals surface area contributed by atoms with Crippen molar-refractivity contribution in [3.63, 3.8) is 0 Å². The Morgan fingerprint density at radius 3 is 2.24 bits per heavy atom. The van der Waals surface area contributed by atoms with E-state index in [-0.39, 0.29) is 29.5 Å². The quantitative estimate of drug-likeness (QED) is 0.310. The fourth-order valence-electron chi connectivity index (χ4n) is 3.80. The summed E-state index contributed by atoms with van der Waals surface area (Å²) >= 11 is 0. The maximum atomic E-state index is 13.2. The van der Waals surface area contributed by atoms with Crippen molar-refractivity contribution >= 4 is 17.5 Å². The van der Waals surface area contributed by atoms with Crippen LogP contribution >= 0.6 is 0 Å². The minimum absolute atomic E-state index is 0.0584. The summed E-state index contributed by atoms with van der Waals surface area (Å²) < 4.78 is 11.4. The first-order chi connectivity index (χ1) is 16.2. The van der Waals surface area contributed by atoms with Gasteiger partial charge in [0.1, 0.15) is 17.6 Å². The second-order valence-electron chi connectivity index (χ2n) is 8.20. The van der Waals surface area contributed by atoms with Crippen LogP contribution in [0.5, 0.6) is 11.5 Å². The lowest BCUT2D eigenvalue weighted by atomic mass is 9.85. The van der Waals surface area contributed by atoms with Crippen LogP contribution in [0.15, 0.2) is 65.8 Å². The molecule has 0 aromatic heterocycles. The molecule has 3 rings (SSSR count). The van der Waals surface area contributed by atoms with Crippen molar-refractivity contribution in [2.75, 3.05) is 6.61 Å². The smallest absolute Gasteiger partial charge is 0.309 e. The molecule has 0 saturated heterocycles. The van der Waals surface area contributed by atoms with Gasteiger partial charge >= 0.3 is 5.97 Å². The Bertz CT molecular complexity index is 1140. The van der Waals surface area contributed by atoms with Gasteiger partial charge < -0.3 is 19.7 Å². The molecule has 178 valence electrons. The van der Waals surface area contributed by atoms with Crippen molar-refractivity contribution in [1.82, 2.24) is 0 Å². The normalized spacial score (nSPS) is 14.6. The van der Waals surface area contributed by atoms with E-state index in [0.29, 0.717) is 6.61 Å². The lowest BCUT2D eigenvalue weighted by Crippen LogP contribution is -2.29. The van der Waals surface area contributed by atoms with Crippen LogP contribution in [0.3, 0.4) is 0 Å². The zero-order valence-electron chi connectivity index (χ0n) is 19.4. The number of phenolic OH excluding ortho intramolecular Hbond substituents is 2. The van der Waals surface area contributed by atoms with E-state index >= 15 is 0 Å². The Morgan fingerprint density at radius 1 is 0.971 bits per heavy atom. The largest absolute Gasteiger partial charge is 0.507 e. The molecule has 7 heteroatoms. The highest BCUT2D eigenvalue weighted by Crippen LogP contribution is 2.36. The Kier molecular flexibility index (Phi) is 8.02. The van der Waals surface area contributed by atoms with Crippen molar-refractivity contribution < 1.29 is 34.1 Å². The van der Waals surface area contributed by atoms with Crippen LogP contribution in [0.4, 0.5) is 0 Å². The molecule has 2 aromatic carbocycles. The maximum absolute atomic E-state index is 13.2. The molecule has 0 fully saturated rings. The zero-order chi connectivity index (χ0) is 24.8. The predicted molar refractivity (Wildman–Crippen MR) is 126 cm³/mol. The standard InChI is InChI=1S/C27H28O7/c1-4-33-23(17-8-6-5-7-9-17)15-24(31)34-22(13-10-16(2)3)18-14-21(30)25-19(28)11-12-20(29)26(25)27(18)32/h5-12,14,22-23,28-29H,4,13,15H2,1-3H3/t22-,23?/m1/s1. The van der Waals surface area contributed by atoms with Crippen molar-refractivity contribution in [3.05, 3.63) is 82.5 Å². The number of aromatic hydroxyl groups is 2. The molecule has 2 aromatic rings. The molecule has 1 unspecified atom stereocenters. The average molecular weight is 465 g/mol. The number of fused-ring (bicyclic) bond motifs is 1. The number of ether oxygens (including phenoxy) is 2. The van der Waals surface area contributed by atoms with Gasteiger partial charge in [0.25, 0.3) is 0 Å². The molecule has 2 N–H and O–H groups in total. The Labute approximate surface area is 198 Å². The highest BCUT2D eigenvalue weighted by atomic mass is 16.5. The molecule has 0 bridgehead atoms. The van der Waals surface area contributed by atoms with Gasteiger partial charge in [0, 0.05) is 18.6 Å². The van der Waals surface area contributed by atoms with Gasteiger partial charge in [-0.3, -0.25) is 14.4 Å². The van der Waals surface area contributed by atoms with Crippen LogP contribution < -0.4 is 0 Å². The van der Waals surface area contributed by atoms with Crippen LogP contribution in [0.1, 0.15) is 66.0 Å². The van der Waals surface area contributed by atoms with Gasteiger partial charge in [0.2, 0.25) is 0 Å². The lowest BCUT2D eigenvalue weighted by Gasteiger charge is -2.24. The van der Waals surface area contributed by atoms with E-state index in [2.05, 4.69) is 0 Å². The molecule has 7 nitrogen and oxygen atoms in total. The topological polar surface area (TPSA) is 110 Å². The predicted octanol–water partition coefficient (Wildman–Crippen LogP) is 4.84. The number of carbonyl (C=O) groups excluding carboxylic acids is 3. The summed E-state index contributed by atoms with van der Waals surface area (Å²) in [6.07, 6.45) is 1.37. The minimum atomic E-state index is -1.05. The number of allylic oxidation sites excluding steroid dienone is 2. The van der Waals surface area contributed by atoms with Gasteiger partial charge in [-0.25, -0.2) is 0 Å². The third kappa shape index (κ3) is 5.61. The second-order valence-corrected chi connectivity index (χ2v) is 8.20. The molecule has 0 saturated carbocycles. The van der Waals surface area contributed by atoms with E-state index in [4.69, 9.17) is 9.47 Å². The first-order valence-electron chi connectivity index (χ1n) is 11.1. The maximum Gasteiger partial charge on any atom is 0.309 e. The van der Waals surface area contributed by atoms with Gasteiger partial charge in [-0.05, 0) is 44.5 Å². The van der Waals surface area contributed by atoms with Gasteiger partial charge in [-0.1, -0.05) is 42.0 Å². The Morgan fingerprint density at radius 2 is 1.62 bits per heavy atom. The number of hydrogen-bond acceptors (Lipinski definition) is 7. The number of rotatable bonds is 9. The first-order valence-corrected chi connectivity index (χ1v) is 11.1. The van der Waals surface area contributed by atoms with Gasteiger partial charge in [0.15, 0.2) is 11.6 Å².